The topological polar surface area (TPSA) is 38.3 Å². The number of rotatable bonds is 6. The Kier molecular flexibility index (Phi) is 5.37. The average molecular weight is 295 g/mol. The molecular weight excluding hydrogens is 274 g/mol. The van der Waals surface area contributed by atoms with E-state index in [1.165, 1.54) is 11.1 Å². The van der Waals surface area contributed by atoms with Gasteiger partial charge in [0.15, 0.2) is 5.78 Å². The molecule has 22 heavy (non-hydrogen) atoms. The smallest absolute Gasteiger partial charge is 0.187 e. The number of carbonyl (C=O) groups excluding carboxylic acids is 1. The number of carbonyl (C=O) groups is 1. The lowest BCUT2D eigenvalue weighted by molar-refractivity contribution is 0.104. The largest absolute Gasteiger partial charge is 0.497 e. The second-order valence-corrected chi connectivity index (χ2v) is 5.26. The number of ether oxygens (including phenoxy) is 1. The second-order valence-electron chi connectivity index (χ2n) is 5.26. The molecule has 0 aliphatic carbocycles. The summed E-state index contributed by atoms with van der Waals surface area (Å²) in [7, 11) is 1.61. The number of hydrogen-bond donors (Lipinski definition) is 1. The lowest BCUT2D eigenvalue weighted by Gasteiger charge is -2.07. The Labute approximate surface area is 131 Å². The quantitative estimate of drug-likeness (QED) is 0.649. The van der Waals surface area contributed by atoms with E-state index < -0.39 is 0 Å². The number of allylic oxidation sites excluding steroid dienone is 2. The highest BCUT2D eigenvalue weighted by atomic mass is 16.5. The highest BCUT2D eigenvalue weighted by Crippen LogP contribution is 2.12. The average Bonchev–Trinajstić information content (AvgIpc) is 2.54. The molecule has 0 atom stereocenters. The zero-order valence-corrected chi connectivity index (χ0v) is 13.2. The number of methoxy groups -OCH3 is 1. The van der Waals surface area contributed by atoms with Gasteiger partial charge in [0.25, 0.3) is 0 Å². The molecular formula is C19H21NO2. The predicted octanol–water partition coefficient (Wildman–Crippen LogP) is 3.88. The van der Waals surface area contributed by atoms with Gasteiger partial charge in [-0.05, 0) is 43.7 Å². The fourth-order valence-electron chi connectivity index (χ4n) is 2.03. The van der Waals surface area contributed by atoms with Crippen molar-refractivity contribution < 1.29 is 9.53 Å². The maximum Gasteiger partial charge on any atom is 0.187 e. The Morgan fingerprint density at radius 1 is 1.09 bits per heavy atom. The van der Waals surface area contributed by atoms with Crippen LogP contribution in [0.3, 0.4) is 0 Å². The maximum atomic E-state index is 12.2. The lowest BCUT2D eigenvalue weighted by atomic mass is 10.1. The monoisotopic (exact) mass is 295 g/mol. The SMILES string of the molecule is COc1ccc(C(=O)/C=C(\C)NCc2ccc(C)cc2)cc1. The molecule has 2 aromatic carbocycles. The third-order valence-electron chi connectivity index (χ3n) is 3.41. The molecule has 0 aliphatic heterocycles. The Balaban J connectivity index is 1.95. The Hall–Kier alpha value is -2.55. The first kappa shape index (κ1) is 15.8. The van der Waals surface area contributed by atoms with E-state index in [9.17, 15) is 4.79 Å². The molecule has 0 unspecified atom stereocenters. The first-order chi connectivity index (χ1) is 10.6. The molecule has 0 aromatic heterocycles. The van der Waals surface area contributed by atoms with Gasteiger partial charge >= 0.3 is 0 Å². The number of nitrogens with one attached hydrogen (secondary N) is 1. The molecule has 0 aliphatic rings. The van der Waals surface area contributed by atoms with Crippen molar-refractivity contribution in [2.45, 2.75) is 20.4 Å². The molecule has 3 nitrogen and oxygen atoms in total. The molecule has 0 bridgehead atoms. The number of aryl methyl sites for hydroxylation is 1. The summed E-state index contributed by atoms with van der Waals surface area (Å²) in [5.41, 5.74) is 3.93. The summed E-state index contributed by atoms with van der Waals surface area (Å²) < 4.78 is 5.09. The van der Waals surface area contributed by atoms with E-state index in [4.69, 9.17) is 4.74 Å². The molecule has 2 rings (SSSR count). The Bertz CT molecular complexity index is 655. The number of ketones is 1. The molecule has 114 valence electrons. The fourth-order valence-corrected chi connectivity index (χ4v) is 2.03. The van der Waals surface area contributed by atoms with Gasteiger partial charge in [-0.15, -0.1) is 0 Å². The van der Waals surface area contributed by atoms with Crippen molar-refractivity contribution in [3.63, 3.8) is 0 Å². The van der Waals surface area contributed by atoms with Gasteiger partial charge in [0.05, 0.1) is 7.11 Å². The zero-order chi connectivity index (χ0) is 15.9. The van der Waals surface area contributed by atoms with Gasteiger partial charge in [-0.1, -0.05) is 29.8 Å². The van der Waals surface area contributed by atoms with Crippen LogP contribution in [0.25, 0.3) is 0 Å². The minimum atomic E-state index is -0.0171. The van der Waals surface area contributed by atoms with Crippen molar-refractivity contribution in [2.24, 2.45) is 0 Å². The van der Waals surface area contributed by atoms with Crippen LogP contribution in [0.15, 0.2) is 60.3 Å². The van der Waals surface area contributed by atoms with Gasteiger partial charge < -0.3 is 10.1 Å². The van der Waals surface area contributed by atoms with Crippen molar-refractivity contribution in [3.05, 3.63) is 77.0 Å². The van der Waals surface area contributed by atoms with E-state index in [0.717, 1.165) is 11.4 Å². The molecule has 0 radical (unpaired) electrons. The van der Waals surface area contributed by atoms with E-state index in [1.807, 2.05) is 6.92 Å². The van der Waals surface area contributed by atoms with E-state index in [0.29, 0.717) is 12.1 Å². The summed E-state index contributed by atoms with van der Waals surface area (Å²) in [4.78, 5) is 12.2. The van der Waals surface area contributed by atoms with Gasteiger partial charge in [-0.2, -0.15) is 0 Å². The van der Waals surface area contributed by atoms with Gasteiger partial charge in [0.2, 0.25) is 0 Å². The number of hydrogen-bond acceptors (Lipinski definition) is 3. The van der Waals surface area contributed by atoms with Crippen LogP contribution in [0.2, 0.25) is 0 Å². The van der Waals surface area contributed by atoms with Crippen LogP contribution in [0.5, 0.6) is 5.75 Å². The van der Waals surface area contributed by atoms with Gasteiger partial charge in [-0.3, -0.25) is 4.79 Å². The summed E-state index contributed by atoms with van der Waals surface area (Å²) in [5.74, 6) is 0.728. The van der Waals surface area contributed by atoms with Gasteiger partial charge in [0, 0.05) is 23.9 Å². The molecule has 0 saturated carbocycles. The minimum Gasteiger partial charge on any atom is -0.497 e. The highest BCUT2D eigenvalue weighted by Gasteiger charge is 2.03. The summed E-state index contributed by atoms with van der Waals surface area (Å²) >= 11 is 0. The van der Waals surface area contributed by atoms with Crippen LogP contribution in [0.4, 0.5) is 0 Å². The summed E-state index contributed by atoms with van der Waals surface area (Å²) in [6, 6.07) is 15.4. The van der Waals surface area contributed by atoms with Crippen molar-refractivity contribution >= 4 is 5.78 Å². The van der Waals surface area contributed by atoms with E-state index in [1.54, 1.807) is 37.5 Å². The Morgan fingerprint density at radius 3 is 2.32 bits per heavy atom. The summed E-state index contributed by atoms with van der Waals surface area (Å²) in [5, 5.41) is 3.26. The van der Waals surface area contributed by atoms with Crippen LogP contribution in [0, 0.1) is 6.92 Å². The van der Waals surface area contributed by atoms with Crippen molar-refractivity contribution in [2.75, 3.05) is 7.11 Å². The van der Waals surface area contributed by atoms with Crippen molar-refractivity contribution in [1.29, 1.82) is 0 Å². The standard InChI is InChI=1S/C19H21NO2/c1-14-4-6-16(7-5-14)13-20-15(2)12-19(21)17-8-10-18(22-3)11-9-17/h4-12,20H,13H2,1-3H3/b15-12+. The van der Waals surface area contributed by atoms with Crippen LogP contribution in [-0.4, -0.2) is 12.9 Å². The Morgan fingerprint density at radius 2 is 1.73 bits per heavy atom. The second kappa shape index (κ2) is 7.46. The first-order valence-corrected chi connectivity index (χ1v) is 7.24. The highest BCUT2D eigenvalue weighted by molar-refractivity contribution is 6.04. The summed E-state index contributed by atoms with van der Waals surface area (Å²) in [6.45, 7) is 4.67. The van der Waals surface area contributed by atoms with Crippen molar-refractivity contribution in [1.82, 2.24) is 5.32 Å². The molecule has 2 aromatic rings. The van der Waals surface area contributed by atoms with Crippen LogP contribution < -0.4 is 10.1 Å². The third kappa shape index (κ3) is 4.48. The maximum absolute atomic E-state index is 12.2. The van der Waals surface area contributed by atoms with E-state index in [2.05, 4.69) is 36.5 Å². The zero-order valence-electron chi connectivity index (χ0n) is 13.2. The van der Waals surface area contributed by atoms with Crippen LogP contribution >= 0.6 is 0 Å². The minimum absolute atomic E-state index is 0.0171. The molecule has 0 saturated heterocycles. The third-order valence-corrected chi connectivity index (χ3v) is 3.41. The molecule has 3 heteroatoms. The predicted molar refractivity (Wildman–Crippen MR) is 89.1 cm³/mol. The van der Waals surface area contributed by atoms with E-state index in [-0.39, 0.29) is 5.78 Å². The fraction of sp³-hybridized carbons (Fsp3) is 0.211. The van der Waals surface area contributed by atoms with Crippen molar-refractivity contribution in [3.8, 4) is 5.75 Å². The molecule has 0 fully saturated rings. The van der Waals surface area contributed by atoms with Gasteiger partial charge in [-0.25, -0.2) is 0 Å². The normalized spacial score (nSPS) is 11.1. The van der Waals surface area contributed by atoms with Gasteiger partial charge in [0.1, 0.15) is 5.75 Å². The summed E-state index contributed by atoms with van der Waals surface area (Å²) in [6.07, 6.45) is 1.62. The lowest BCUT2D eigenvalue weighted by Crippen LogP contribution is -2.12. The number of benzene rings is 2. The molecule has 1 N–H and O–H groups in total. The van der Waals surface area contributed by atoms with Crippen LogP contribution in [0.1, 0.15) is 28.4 Å². The molecule has 0 amide bonds. The van der Waals surface area contributed by atoms with E-state index >= 15 is 0 Å². The van der Waals surface area contributed by atoms with Crippen LogP contribution in [-0.2, 0) is 6.54 Å². The molecule has 0 spiro atoms. The first-order valence-electron chi connectivity index (χ1n) is 7.24. The molecule has 0 heterocycles.